The lowest BCUT2D eigenvalue weighted by Crippen LogP contribution is -2.04. The summed E-state index contributed by atoms with van der Waals surface area (Å²) >= 11 is 11.9. The molecule has 0 saturated carbocycles. The third-order valence-electron chi connectivity index (χ3n) is 2.82. The highest BCUT2D eigenvalue weighted by Gasteiger charge is 2.06. The minimum Gasteiger partial charge on any atom is -0.389 e. The molecule has 100 valence electrons. The van der Waals surface area contributed by atoms with Crippen LogP contribution in [0.4, 0.5) is 5.69 Å². The maximum atomic E-state index is 9.71. The van der Waals surface area contributed by atoms with Crippen molar-refractivity contribution in [1.29, 1.82) is 0 Å². The summed E-state index contributed by atoms with van der Waals surface area (Å²) in [5, 5.41) is 14.2. The van der Waals surface area contributed by atoms with Gasteiger partial charge in [0, 0.05) is 27.8 Å². The summed E-state index contributed by atoms with van der Waals surface area (Å²) in [6.45, 7) is 2.35. The molecule has 4 heteroatoms. The fraction of sp³-hybridized carbons (Fsp3) is 0.200. The van der Waals surface area contributed by atoms with Crippen LogP contribution in [-0.2, 0) is 6.54 Å². The van der Waals surface area contributed by atoms with Gasteiger partial charge in [0.05, 0.1) is 6.10 Å². The van der Waals surface area contributed by atoms with Gasteiger partial charge < -0.3 is 10.4 Å². The fourth-order valence-electron chi connectivity index (χ4n) is 1.93. The average molecular weight is 296 g/mol. The van der Waals surface area contributed by atoms with E-state index in [9.17, 15) is 5.11 Å². The minimum absolute atomic E-state index is 0.508. The smallest absolute Gasteiger partial charge is 0.0781 e. The van der Waals surface area contributed by atoms with Gasteiger partial charge in [-0.1, -0.05) is 41.4 Å². The zero-order chi connectivity index (χ0) is 13.8. The third kappa shape index (κ3) is 3.87. The minimum atomic E-state index is -0.508. The molecule has 0 saturated heterocycles. The molecular weight excluding hydrogens is 281 g/mol. The lowest BCUT2D eigenvalue weighted by molar-refractivity contribution is 0.200. The summed E-state index contributed by atoms with van der Waals surface area (Å²) < 4.78 is 0. The summed E-state index contributed by atoms with van der Waals surface area (Å²) in [4.78, 5) is 0. The second kappa shape index (κ2) is 6.29. The number of hydrogen-bond acceptors (Lipinski definition) is 2. The van der Waals surface area contributed by atoms with Gasteiger partial charge in [0.25, 0.3) is 0 Å². The van der Waals surface area contributed by atoms with E-state index in [2.05, 4.69) is 5.32 Å². The Morgan fingerprint density at radius 3 is 2.37 bits per heavy atom. The van der Waals surface area contributed by atoms with E-state index >= 15 is 0 Å². The summed E-state index contributed by atoms with van der Waals surface area (Å²) in [6, 6.07) is 13.1. The highest BCUT2D eigenvalue weighted by Crippen LogP contribution is 2.24. The lowest BCUT2D eigenvalue weighted by Gasteiger charge is -2.14. The zero-order valence-electron chi connectivity index (χ0n) is 10.5. The Kier molecular flexibility index (Phi) is 4.70. The molecule has 1 atom stereocenters. The number of aliphatic hydroxyl groups is 1. The van der Waals surface area contributed by atoms with E-state index in [1.165, 1.54) is 0 Å². The van der Waals surface area contributed by atoms with Crippen molar-refractivity contribution < 1.29 is 5.11 Å². The van der Waals surface area contributed by atoms with Crippen LogP contribution >= 0.6 is 23.2 Å². The first-order valence-electron chi connectivity index (χ1n) is 6.02. The van der Waals surface area contributed by atoms with Crippen LogP contribution in [-0.4, -0.2) is 5.11 Å². The predicted molar refractivity (Wildman–Crippen MR) is 80.9 cm³/mol. The predicted octanol–water partition coefficient (Wildman–Crippen LogP) is 4.66. The van der Waals surface area contributed by atoms with E-state index in [1.807, 2.05) is 36.4 Å². The number of rotatable bonds is 4. The molecule has 0 amide bonds. The number of anilines is 1. The summed E-state index contributed by atoms with van der Waals surface area (Å²) in [6.07, 6.45) is -0.508. The molecule has 0 bridgehead atoms. The molecule has 2 N–H and O–H groups in total. The largest absolute Gasteiger partial charge is 0.389 e. The van der Waals surface area contributed by atoms with E-state index in [4.69, 9.17) is 23.2 Å². The Hall–Kier alpha value is -1.22. The van der Waals surface area contributed by atoms with Crippen molar-refractivity contribution in [3.63, 3.8) is 0 Å². The molecule has 0 radical (unpaired) electrons. The molecule has 0 heterocycles. The van der Waals surface area contributed by atoms with E-state index in [1.54, 1.807) is 13.0 Å². The van der Waals surface area contributed by atoms with Crippen LogP contribution in [0.3, 0.4) is 0 Å². The number of hydrogen-bond donors (Lipinski definition) is 2. The second-order valence-corrected chi connectivity index (χ2v) is 5.27. The fourth-order valence-corrected chi connectivity index (χ4v) is 2.50. The van der Waals surface area contributed by atoms with Gasteiger partial charge in [0.1, 0.15) is 0 Å². The van der Waals surface area contributed by atoms with Crippen LogP contribution in [0.1, 0.15) is 24.2 Å². The maximum absolute atomic E-state index is 9.71. The molecule has 0 aromatic heterocycles. The maximum Gasteiger partial charge on any atom is 0.0781 e. The Morgan fingerprint density at radius 2 is 1.74 bits per heavy atom. The molecule has 0 aliphatic heterocycles. The first kappa shape index (κ1) is 14.2. The number of halogens is 2. The normalized spacial score (nSPS) is 12.2. The van der Waals surface area contributed by atoms with Gasteiger partial charge in [-0.25, -0.2) is 0 Å². The Balaban J connectivity index is 2.14. The first-order valence-corrected chi connectivity index (χ1v) is 6.77. The van der Waals surface area contributed by atoms with Gasteiger partial charge in [0.15, 0.2) is 0 Å². The van der Waals surface area contributed by atoms with Crippen molar-refractivity contribution in [2.24, 2.45) is 0 Å². The zero-order valence-corrected chi connectivity index (χ0v) is 12.0. The first-order chi connectivity index (χ1) is 9.06. The van der Waals surface area contributed by atoms with Gasteiger partial charge in [-0.3, -0.25) is 0 Å². The molecule has 2 rings (SSSR count). The number of benzene rings is 2. The molecular formula is C15H15Cl2NO. The Bertz CT molecular complexity index is 550. The summed E-state index contributed by atoms with van der Waals surface area (Å²) in [7, 11) is 0. The van der Waals surface area contributed by atoms with Crippen LogP contribution < -0.4 is 5.32 Å². The van der Waals surface area contributed by atoms with Crippen LogP contribution in [0.15, 0.2) is 42.5 Å². The number of para-hydroxylation sites is 1. The monoisotopic (exact) mass is 295 g/mol. The highest BCUT2D eigenvalue weighted by molar-refractivity contribution is 6.34. The van der Waals surface area contributed by atoms with E-state index < -0.39 is 6.10 Å². The molecule has 0 spiro atoms. The van der Waals surface area contributed by atoms with Crippen molar-refractivity contribution in [3.8, 4) is 0 Å². The van der Waals surface area contributed by atoms with Crippen LogP contribution in [0, 0.1) is 0 Å². The molecule has 19 heavy (non-hydrogen) atoms. The third-order valence-corrected chi connectivity index (χ3v) is 3.25. The molecule has 0 aliphatic rings. The van der Waals surface area contributed by atoms with E-state index in [0.29, 0.717) is 16.6 Å². The molecule has 0 fully saturated rings. The molecule has 2 aromatic carbocycles. The SMILES string of the molecule is CC(O)c1ccccc1NCc1cc(Cl)cc(Cl)c1. The van der Waals surface area contributed by atoms with Gasteiger partial charge in [-0.2, -0.15) is 0 Å². The van der Waals surface area contributed by atoms with Crippen LogP contribution in [0.25, 0.3) is 0 Å². The quantitative estimate of drug-likeness (QED) is 0.860. The number of aliphatic hydroxyl groups excluding tert-OH is 1. The molecule has 2 nitrogen and oxygen atoms in total. The topological polar surface area (TPSA) is 32.3 Å². The van der Waals surface area contributed by atoms with Crippen LogP contribution in [0.5, 0.6) is 0 Å². The van der Waals surface area contributed by atoms with Crippen molar-refractivity contribution >= 4 is 28.9 Å². The molecule has 1 unspecified atom stereocenters. The van der Waals surface area contributed by atoms with Crippen molar-refractivity contribution in [1.82, 2.24) is 0 Å². The van der Waals surface area contributed by atoms with Gasteiger partial charge in [-0.05, 0) is 36.8 Å². The van der Waals surface area contributed by atoms with Crippen molar-refractivity contribution in [3.05, 3.63) is 63.6 Å². The molecule has 2 aromatic rings. The van der Waals surface area contributed by atoms with Crippen molar-refractivity contribution in [2.45, 2.75) is 19.6 Å². The highest BCUT2D eigenvalue weighted by atomic mass is 35.5. The van der Waals surface area contributed by atoms with Gasteiger partial charge in [-0.15, -0.1) is 0 Å². The Labute approximate surface area is 123 Å². The molecule has 0 aliphatic carbocycles. The van der Waals surface area contributed by atoms with Gasteiger partial charge in [0.2, 0.25) is 0 Å². The summed E-state index contributed by atoms with van der Waals surface area (Å²) in [5.41, 5.74) is 2.78. The van der Waals surface area contributed by atoms with E-state index in [-0.39, 0.29) is 0 Å². The Morgan fingerprint density at radius 1 is 1.11 bits per heavy atom. The standard InChI is InChI=1S/C15H15Cl2NO/c1-10(19)14-4-2-3-5-15(14)18-9-11-6-12(16)8-13(17)7-11/h2-8,10,18-19H,9H2,1H3. The second-order valence-electron chi connectivity index (χ2n) is 4.39. The average Bonchev–Trinajstić information content (AvgIpc) is 2.35. The van der Waals surface area contributed by atoms with Gasteiger partial charge >= 0.3 is 0 Å². The van der Waals surface area contributed by atoms with Crippen LogP contribution in [0.2, 0.25) is 10.0 Å². The summed E-state index contributed by atoms with van der Waals surface area (Å²) in [5.74, 6) is 0. The lowest BCUT2D eigenvalue weighted by atomic mass is 10.1. The number of nitrogens with one attached hydrogen (secondary N) is 1. The van der Waals surface area contributed by atoms with E-state index in [0.717, 1.165) is 16.8 Å². The van der Waals surface area contributed by atoms with Crippen molar-refractivity contribution in [2.75, 3.05) is 5.32 Å².